The lowest BCUT2D eigenvalue weighted by Crippen LogP contribution is -2.26. The summed E-state index contributed by atoms with van der Waals surface area (Å²) in [6, 6.07) is 5.01. The van der Waals surface area contributed by atoms with E-state index < -0.39 is 11.7 Å². The molecule has 0 radical (unpaired) electrons. The van der Waals surface area contributed by atoms with Gasteiger partial charge in [0.05, 0.1) is 5.52 Å². The number of aromatic nitrogens is 3. The maximum atomic E-state index is 13.0. The van der Waals surface area contributed by atoms with E-state index >= 15 is 0 Å². The first-order valence-corrected chi connectivity index (χ1v) is 11.0. The molecule has 3 N–H and O–H groups in total. The van der Waals surface area contributed by atoms with Crippen LogP contribution in [0.5, 0.6) is 0 Å². The molecular formula is C23H28F3N5O2. The number of hydrogen-bond acceptors (Lipinski definition) is 7. The van der Waals surface area contributed by atoms with Crippen molar-refractivity contribution < 1.29 is 22.7 Å². The van der Waals surface area contributed by atoms with Gasteiger partial charge in [-0.3, -0.25) is 5.32 Å². The van der Waals surface area contributed by atoms with E-state index in [1.165, 1.54) is 12.1 Å². The Balaban J connectivity index is 1.73. The maximum Gasteiger partial charge on any atom is 0.482 e. The largest absolute Gasteiger partial charge is 0.482 e. The van der Waals surface area contributed by atoms with Gasteiger partial charge in [0.2, 0.25) is 0 Å². The van der Waals surface area contributed by atoms with E-state index in [2.05, 4.69) is 15.5 Å². The first-order valence-electron chi connectivity index (χ1n) is 11.0. The summed E-state index contributed by atoms with van der Waals surface area (Å²) in [6.45, 7) is 7.70. The molecule has 3 aromatic rings. The minimum atomic E-state index is -4.54. The van der Waals surface area contributed by atoms with Gasteiger partial charge in [0.25, 0.3) is 5.89 Å². The van der Waals surface area contributed by atoms with E-state index in [0.717, 1.165) is 24.8 Å². The van der Waals surface area contributed by atoms with Gasteiger partial charge < -0.3 is 14.8 Å². The smallest absolute Gasteiger partial charge is 0.402 e. The number of rotatable bonds is 5. The first kappa shape index (κ1) is 23.3. The van der Waals surface area contributed by atoms with Crippen molar-refractivity contribution in [3.05, 3.63) is 29.3 Å². The Hall–Kier alpha value is -2.88. The molecule has 0 saturated heterocycles. The number of hydrogen-bond donors (Lipinski definition) is 3. The zero-order chi connectivity index (χ0) is 24.0. The predicted molar refractivity (Wildman–Crippen MR) is 120 cm³/mol. The average Bonchev–Trinajstić information content (AvgIpc) is 3.35. The van der Waals surface area contributed by atoms with Crippen molar-refractivity contribution in [2.45, 2.75) is 64.7 Å². The molecule has 1 fully saturated rings. The number of anilines is 2. The lowest BCUT2D eigenvalue weighted by molar-refractivity contribution is -0.0999. The minimum Gasteiger partial charge on any atom is -0.402 e. The number of aliphatic hydroxyl groups is 1. The molecule has 0 spiro atoms. The lowest BCUT2D eigenvalue weighted by atomic mass is 9.84. The van der Waals surface area contributed by atoms with Crippen molar-refractivity contribution in [3.63, 3.8) is 0 Å². The Morgan fingerprint density at radius 1 is 1.12 bits per heavy atom. The summed E-state index contributed by atoms with van der Waals surface area (Å²) >= 11 is 0. The normalized spacial score (nSPS) is 19.3. The summed E-state index contributed by atoms with van der Waals surface area (Å²) in [5.74, 6) is 0.369. The van der Waals surface area contributed by atoms with Crippen LogP contribution < -0.4 is 10.6 Å². The summed E-state index contributed by atoms with van der Waals surface area (Å²) in [7, 11) is 0. The molecule has 1 aliphatic rings. The predicted octanol–water partition coefficient (Wildman–Crippen LogP) is 5.40. The number of pyridine rings is 1. The number of alkyl halides is 3. The number of halogens is 3. The van der Waals surface area contributed by atoms with E-state index in [-0.39, 0.29) is 36.2 Å². The van der Waals surface area contributed by atoms with Crippen molar-refractivity contribution in [3.8, 4) is 11.6 Å². The lowest BCUT2D eigenvalue weighted by Gasteiger charge is -2.23. The third-order valence-electron chi connectivity index (χ3n) is 6.06. The molecule has 10 heteroatoms. The molecule has 1 saturated carbocycles. The van der Waals surface area contributed by atoms with Crippen LogP contribution in [0.15, 0.2) is 22.6 Å². The highest BCUT2D eigenvalue weighted by atomic mass is 19.4. The number of aliphatic hydroxyl groups excluding tert-OH is 1. The van der Waals surface area contributed by atoms with E-state index in [1.54, 1.807) is 11.4 Å². The number of fused-ring (bicyclic) bond motifs is 1. The van der Waals surface area contributed by atoms with Crippen LogP contribution in [0.2, 0.25) is 0 Å². The fourth-order valence-electron chi connectivity index (χ4n) is 4.40. The third-order valence-corrected chi connectivity index (χ3v) is 6.06. The third kappa shape index (κ3) is 5.05. The average molecular weight is 464 g/mol. The Morgan fingerprint density at radius 3 is 2.55 bits per heavy atom. The summed E-state index contributed by atoms with van der Waals surface area (Å²) in [5, 5.41) is 23.1. The highest BCUT2D eigenvalue weighted by Crippen LogP contribution is 2.36. The van der Waals surface area contributed by atoms with Gasteiger partial charge in [0.1, 0.15) is 5.69 Å². The second kappa shape index (κ2) is 8.48. The SMILES string of the molecule is Cc1cc(-c2nnc(N[C@H]3CCC[C@H]3CO)o2)nc2c(C(C)(C)C)cc(NC(F)(F)F)cc12. The second-order valence-corrected chi connectivity index (χ2v) is 9.65. The van der Waals surface area contributed by atoms with Crippen LogP contribution in [-0.2, 0) is 5.41 Å². The molecule has 0 bridgehead atoms. The van der Waals surface area contributed by atoms with Crippen LogP contribution in [0.1, 0.15) is 51.2 Å². The van der Waals surface area contributed by atoms with Crippen LogP contribution >= 0.6 is 0 Å². The molecule has 2 heterocycles. The zero-order valence-electron chi connectivity index (χ0n) is 19.0. The molecule has 0 aliphatic heterocycles. The molecular weight excluding hydrogens is 435 g/mol. The Kier molecular flexibility index (Phi) is 5.98. The standard InChI is InChI=1S/C23H28F3N5O2/c1-12-8-18(20-30-31-21(33-20)28-17-7-5-6-13(17)11-32)27-19-15(12)9-14(29-23(24,25)26)10-16(19)22(2,3)4/h8-10,13,17,29,32H,5-7,11H2,1-4H3,(H,28,31)/t13-,17-/m0/s1. The number of nitrogens with zero attached hydrogens (tertiary/aromatic N) is 3. The quantitative estimate of drug-likeness (QED) is 0.436. The van der Waals surface area contributed by atoms with E-state index in [1.807, 2.05) is 27.7 Å². The molecule has 2 atom stereocenters. The molecule has 178 valence electrons. The van der Waals surface area contributed by atoms with Gasteiger partial charge in [-0.05, 0) is 54.5 Å². The van der Waals surface area contributed by atoms with Crippen LogP contribution in [-0.4, -0.2) is 39.2 Å². The minimum absolute atomic E-state index is 0.0307. The molecule has 1 aromatic carbocycles. The Bertz CT molecular complexity index is 1150. The van der Waals surface area contributed by atoms with Gasteiger partial charge in [-0.2, -0.15) is 13.2 Å². The summed E-state index contributed by atoms with van der Waals surface area (Å²) in [6.07, 6.45) is -1.65. The molecule has 1 aliphatic carbocycles. The van der Waals surface area contributed by atoms with Gasteiger partial charge in [-0.25, -0.2) is 4.98 Å². The summed E-state index contributed by atoms with van der Waals surface area (Å²) in [5.41, 5.74) is 1.98. The van der Waals surface area contributed by atoms with Crippen molar-refractivity contribution >= 4 is 22.6 Å². The fraction of sp³-hybridized carbons (Fsp3) is 0.522. The monoisotopic (exact) mass is 463 g/mol. The van der Waals surface area contributed by atoms with Crippen molar-refractivity contribution in [2.75, 3.05) is 17.2 Å². The van der Waals surface area contributed by atoms with Crippen LogP contribution in [0.4, 0.5) is 24.9 Å². The van der Waals surface area contributed by atoms with Crippen LogP contribution in [0, 0.1) is 12.8 Å². The first-order chi connectivity index (χ1) is 15.4. The van der Waals surface area contributed by atoms with E-state index in [4.69, 9.17) is 9.40 Å². The maximum absolute atomic E-state index is 13.0. The van der Waals surface area contributed by atoms with Gasteiger partial charge in [-0.15, -0.1) is 5.10 Å². The van der Waals surface area contributed by atoms with E-state index in [0.29, 0.717) is 22.2 Å². The van der Waals surface area contributed by atoms with Crippen molar-refractivity contribution in [1.29, 1.82) is 0 Å². The highest BCUT2D eigenvalue weighted by molar-refractivity contribution is 5.90. The van der Waals surface area contributed by atoms with Crippen LogP contribution in [0.3, 0.4) is 0 Å². The Labute approximate surface area is 189 Å². The van der Waals surface area contributed by atoms with E-state index in [9.17, 15) is 18.3 Å². The Morgan fingerprint density at radius 2 is 1.88 bits per heavy atom. The topological polar surface area (TPSA) is 96.1 Å². The molecule has 33 heavy (non-hydrogen) atoms. The molecule has 2 aromatic heterocycles. The van der Waals surface area contributed by atoms with Crippen molar-refractivity contribution in [2.24, 2.45) is 5.92 Å². The molecule has 0 unspecified atom stereocenters. The van der Waals surface area contributed by atoms with Gasteiger partial charge in [-0.1, -0.05) is 32.3 Å². The molecule has 7 nitrogen and oxygen atoms in total. The van der Waals surface area contributed by atoms with Gasteiger partial charge in [0, 0.05) is 29.6 Å². The number of benzene rings is 1. The zero-order valence-corrected chi connectivity index (χ0v) is 19.0. The summed E-state index contributed by atoms with van der Waals surface area (Å²) < 4.78 is 44.7. The number of nitrogens with one attached hydrogen (secondary N) is 2. The highest BCUT2D eigenvalue weighted by Gasteiger charge is 2.30. The van der Waals surface area contributed by atoms with Crippen LogP contribution in [0.25, 0.3) is 22.5 Å². The summed E-state index contributed by atoms with van der Waals surface area (Å²) in [4.78, 5) is 4.71. The van der Waals surface area contributed by atoms with Gasteiger partial charge >= 0.3 is 12.3 Å². The van der Waals surface area contributed by atoms with Gasteiger partial charge in [0.15, 0.2) is 0 Å². The van der Waals surface area contributed by atoms with Crippen molar-refractivity contribution in [1.82, 2.24) is 15.2 Å². The second-order valence-electron chi connectivity index (χ2n) is 9.65. The fourth-order valence-corrected chi connectivity index (χ4v) is 4.40. The molecule has 4 rings (SSSR count). The number of aryl methyl sites for hydroxylation is 1. The molecule has 0 amide bonds.